The van der Waals surface area contributed by atoms with Crippen molar-refractivity contribution in [2.75, 3.05) is 0 Å². The Kier molecular flexibility index (Phi) is 5.70. The van der Waals surface area contributed by atoms with Crippen molar-refractivity contribution in [1.82, 2.24) is 5.32 Å². The van der Waals surface area contributed by atoms with Crippen LogP contribution in [0.3, 0.4) is 0 Å². The van der Waals surface area contributed by atoms with Crippen LogP contribution in [-0.4, -0.2) is 11.9 Å². The first-order valence-corrected chi connectivity index (χ1v) is 6.80. The summed E-state index contributed by atoms with van der Waals surface area (Å²) in [5.41, 5.74) is 0.248. The molecule has 0 saturated heterocycles. The maximum atomic E-state index is 12.3. The summed E-state index contributed by atoms with van der Waals surface area (Å²) in [7, 11) is 0. The second kappa shape index (κ2) is 5.88. The zero-order chi connectivity index (χ0) is 13.9. The van der Waals surface area contributed by atoms with Gasteiger partial charge in [-0.2, -0.15) is 0 Å². The molecule has 0 bridgehead atoms. The van der Waals surface area contributed by atoms with Crippen LogP contribution in [0.4, 0.5) is 0 Å². The van der Waals surface area contributed by atoms with E-state index in [0.29, 0.717) is 0 Å². The average molecular weight is 241 g/mol. The third-order valence-corrected chi connectivity index (χ3v) is 3.42. The Morgan fingerprint density at radius 2 is 1.59 bits per heavy atom. The summed E-state index contributed by atoms with van der Waals surface area (Å²) in [6.07, 6.45) is 1.96. The zero-order valence-electron chi connectivity index (χ0n) is 13.0. The minimum atomic E-state index is 0.0618. The van der Waals surface area contributed by atoms with Crippen molar-refractivity contribution in [3.63, 3.8) is 0 Å². The van der Waals surface area contributed by atoms with Gasteiger partial charge in [0.25, 0.3) is 0 Å². The maximum absolute atomic E-state index is 12.3. The van der Waals surface area contributed by atoms with Crippen molar-refractivity contribution in [3.8, 4) is 0 Å². The molecule has 1 amide bonds. The summed E-state index contributed by atoms with van der Waals surface area (Å²) in [5.74, 6) is 0.302. The molecule has 0 saturated carbocycles. The van der Waals surface area contributed by atoms with E-state index in [1.165, 1.54) is 0 Å². The van der Waals surface area contributed by atoms with E-state index in [4.69, 9.17) is 0 Å². The number of hydrogen-bond donors (Lipinski definition) is 1. The number of nitrogens with one attached hydrogen (secondary N) is 1. The average Bonchev–Trinajstić information content (AvgIpc) is 2.11. The van der Waals surface area contributed by atoms with Crippen LogP contribution in [-0.2, 0) is 4.79 Å². The first-order chi connectivity index (χ1) is 7.49. The van der Waals surface area contributed by atoms with E-state index in [0.717, 1.165) is 12.8 Å². The van der Waals surface area contributed by atoms with E-state index >= 15 is 0 Å². The van der Waals surface area contributed by atoms with Crippen LogP contribution in [0.2, 0.25) is 0 Å². The highest BCUT2D eigenvalue weighted by atomic mass is 16.2. The molecule has 1 atom stereocenters. The van der Waals surface area contributed by atoms with Crippen LogP contribution < -0.4 is 5.32 Å². The van der Waals surface area contributed by atoms with Crippen molar-refractivity contribution in [3.05, 3.63) is 0 Å². The molecule has 102 valence electrons. The molecule has 1 N–H and O–H groups in total. The third kappa shape index (κ3) is 6.09. The molecule has 0 aromatic rings. The number of carbonyl (C=O) groups excluding carboxylic acids is 1. The van der Waals surface area contributed by atoms with Gasteiger partial charge in [-0.05, 0) is 31.1 Å². The molecular formula is C15H31NO. The van der Waals surface area contributed by atoms with Crippen LogP contribution >= 0.6 is 0 Å². The smallest absolute Gasteiger partial charge is 0.223 e. The maximum Gasteiger partial charge on any atom is 0.223 e. The fraction of sp³-hybridized carbons (Fsp3) is 0.933. The van der Waals surface area contributed by atoms with Gasteiger partial charge in [0.1, 0.15) is 0 Å². The quantitative estimate of drug-likeness (QED) is 0.774. The Labute approximate surface area is 108 Å². The first kappa shape index (κ1) is 16.5. The molecule has 0 aromatic heterocycles. The lowest BCUT2D eigenvalue weighted by atomic mass is 9.69. The van der Waals surface area contributed by atoms with Gasteiger partial charge in [-0.25, -0.2) is 0 Å². The van der Waals surface area contributed by atoms with Gasteiger partial charge in [-0.1, -0.05) is 48.0 Å². The van der Waals surface area contributed by atoms with E-state index in [2.05, 4.69) is 46.9 Å². The predicted octanol–water partition coefficient (Wildman–Crippen LogP) is 4.00. The van der Waals surface area contributed by atoms with Gasteiger partial charge in [-0.15, -0.1) is 0 Å². The van der Waals surface area contributed by atoms with E-state index in [1.54, 1.807) is 0 Å². The lowest BCUT2D eigenvalue weighted by molar-refractivity contribution is -0.130. The first-order valence-electron chi connectivity index (χ1n) is 6.80. The highest BCUT2D eigenvalue weighted by molar-refractivity contribution is 5.79. The molecular weight excluding hydrogens is 210 g/mol. The number of amides is 1. The van der Waals surface area contributed by atoms with E-state index in [1.807, 2.05) is 13.8 Å². The molecule has 0 aliphatic heterocycles. The SMILES string of the molecule is CCC(C)(C)C(CC(C)(C)C)C(=O)NC(C)C. The summed E-state index contributed by atoms with van der Waals surface area (Å²) in [6, 6.07) is 0.220. The lowest BCUT2D eigenvalue weighted by Crippen LogP contribution is -2.43. The molecule has 0 fully saturated rings. The zero-order valence-corrected chi connectivity index (χ0v) is 13.0. The van der Waals surface area contributed by atoms with Gasteiger partial charge in [0.15, 0.2) is 0 Å². The van der Waals surface area contributed by atoms with Crippen molar-refractivity contribution >= 4 is 5.91 Å². The summed E-state index contributed by atoms with van der Waals surface area (Å²) >= 11 is 0. The molecule has 0 rings (SSSR count). The van der Waals surface area contributed by atoms with Crippen LogP contribution in [0.5, 0.6) is 0 Å². The molecule has 0 aliphatic carbocycles. The van der Waals surface area contributed by atoms with Gasteiger partial charge in [0.05, 0.1) is 0 Å². The fourth-order valence-corrected chi connectivity index (χ4v) is 1.97. The topological polar surface area (TPSA) is 29.1 Å². The Hall–Kier alpha value is -0.530. The monoisotopic (exact) mass is 241 g/mol. The van der Waals surface area contributed by atoms with Crippen molar-refractivity contribution in [2.24, 2.45) is 16.7 Å². The standard InChI is InChI=1S/C15H31NO/c1-9-15(7,8)12(10-14(4,5)6)13(17)16-11(2)3/h11-12H,9-10H2,1-8H3,(H,16,17). The molecule has 0 aliphatic rings. The normalized spacial score (nSPS) is 14.9. The summed E-state index contributed by atoms with van der Waals surface area (Å²) in [5, 5.41) is 3.07. The van der Waals surface area contributed by atoms with E-state index in [9.17, 15) is 4.79 Å². The van der Waals surface area contributed by atoms with Crippen LogP contribution in [0.15, 0.2) is 0 Å². The second-order valence-electron chi connectivity index (χ2n) is 7.32. The van der Waals surface area contributed by atoms with Crippen LogP contribution in [0.1, 0.15) is 68.2 Å². The van der Waals surface area contributed by atoms with Gasteiger partial charge < -0.3 is 5.32 Å². The van der Waals surface area contributed by atoms with Crippen LogP contribution in [0.25, 0.3) is 0 Å². The molecule has 0 radical (unpaired) electrons. The van der Waals surface area contributed by atoms with E-state index in [-0.39, 0.29) is 28.7 Å². The molecule has 0 spiro atoms. The molecule has 2 nitrogen and oxygen atoms in total. The largest absolute Gasteiger partial charge is 0.354 e. The molecule has 2 heteroatoms. The van der Waals surface area contributed by atoms with Crippen molar-refractivity contribution in [1.29, 1.82) is 0 Å². The summed E-state index contributed by atoms with van der Waals surface area (Å²) in [4.78, 5) is 12.3. The highest BCUT2D eigenvalue weighted by Gasteiger charge is 2.36. The van der Waals surface area contributed by atoms with Crippen LogP contribution in [0, 0.1) is 16.7 Å². The minimum Gasteiger partial charge on any atom is -0.354 e. The number of rotatable bonds is 5. The minimum absolute atomic E-state index is 0.0618. The van der Waals surface area contributed by atoms with Crippen molar-refractivity contribution < 1.29 is 4.79 Å². The second-order valence-corrected chi connectivity index (χ2v) is 7.32. The Balaban J connectivity index is 4.92. The summed E-state index contributed by atoms with van der Waals surface area (Å²) in [6.45, 7) is 17.2. The molecule has 1 unspecified atom stereocenters. The highest BCUT2D eigenvalue weighted by Crippen LogP contribution is 2.38. The molecule has 17 heavy (non-hydrogen) atoms. The lowest BCUT2D eigenvalue weighted by Gasteiger charge is -2.37. The van der Waals surface area contributed by atoms with Gasteiger partial charge in [-0.3, -0.25) is 4.79 Å². The van der Waals surface area contributed by atoms with Gasteiger partial charge >= 0.3 is 0 Å². The number of hydrogen-bond acceptors (Lipinski definition) is 1. The van der Waals surface area contributed by atoms with Gasteiger partial charge in [0, 0.05) is 12.0 Å². The van der Waals surface area contributed by atoms with E-state index < -0.39 is 0 Å². The third-order valence-electron chi connectivity index (χ3n) is 3.42. The Morgan fingerprint density at radius 1 is 1.12 bits per heavy atom. The number of carbonyl (C=O) groups is 1. The predicted molar refractivity (Wildman–Crippen MR) is 74.9 cm³/mol. The fourth-order valence-electron chi connectivity index (χ4n) is 1.97. The molecule has 0 heterocycles. The van der Waals surface area contributed by atoms with Crippen molar-refractivity contribution in [2.45, 2.75) is 74.3 Å². The molecule has 0 aromatic carbocycles. The van der Waals surface area contributed by atoms with Gasteiger partial charge in [0.2, 0.25) is 5.91 Å². The Morgan fingerprint density at radius 3 is 1.88 bits per heavy atom. The Bertz CT molecular complexity index is 248. The summed E-state index contributed by atoms with van der Waals surface area (Å²) < 4.78 is 0.